The Morgan fingerprint density at radius 1 is 0.828 bits per heavy atom. The van der Waals surface area contributed by atoms with Crippen LogP contribution in [0.3, 0.4) is 0 Å². The number of aromatic nitrogens is 4. The number of halogens is 1. The van der Waals surface area contributed by atoms with Crippen LogP contribution in [0, 0.1) is 13.8 Å². The molecule has 0 saturated heterocycles. The Hall–Kier alpha value is -3.37. The maximum atomic E-state index is 6.10. The van der Waals surface area contributed by atoms with E-state index in [1.807, 2.05) is 64.8 Å². The molecule has 0 spiro atoms. The molecule has 0 aliphatic carbocycles. The zero-order chi connectivity index (χ0) is 20.0. The molecule has 0 N–H and O–H groups in total. The third-order valence-corrected chi connectivity index (χ3v) is 5.32. The average Bonchev–Trinajstić information content (AvgIpc) is 3.35. The van der Waals surface area contributed by atoms with E-state index in [1.165, 1.54) is 5.56 Å². The van der Waals surface area contributed by atoms with Gasteiger partial charge in [0.15, 0.2) is 5.65 Å². The lowest BCUT2D eigenvalue weighted by Crippen LogP contribution is -2.02. The molecular weight excluding hydrogens is 380 g/mol. The summed E-state index contributed by atoms with van der Waals surface area (Å²) < 4.78 is 3.97. The van der Waals surface area contributed by atoms with Crippen LogP contribution in [0.15, 0.2) is 79.1 Å². The molecule has 5 rings (SSSR count). The number of fused-ring (bicyclic) bond motifs is 1. The number of hydrogen-bond donors (Lipinski definition) is 0. The van der Waals surface area contributed by atoms with Crippen molar-refractivity contribution in [1.29, 1.82) is 0 Å². The van der Waals surface area contributed by atoms with Crippen LogP contribution in [0.1, 0.15) is 11.3 Å². The number of benzene rings is 2. The monoisotopic (exact) mass is 398 g/mol. The van der Waals surface area contributed by atoms with Crippen molar-refractivity contribution < 1.29 is 0 Å². The van der Waals surface area contributed by atoms with Gasteiger partial charge in [-0.25, -0.2) is 9.50 Å². The van der Waals surface area contributed by atoms with Crippen molar-refractivity contribution in [3.8, 4) is 28.2 Å². The predicted octanol–water partition coefficient (Wildman–Crippen LogP) is 6.12. The molecule has 0 fully saturated rings. The Morgan fingerprint density at radius 2 is 1.59 bits per heavy atom. The van der Waals surface area contributed by atoms with Gasteiger partial charge >= 0.3 is 0 Å². The molecule has 3 aromatic heterocycles. The smallest absolute Gasteiger partial charge is 0.166 e. The zero-order valence-corrected chi connectivity index (χ0v) is 16.9. The molecule has 0 aliphatic rings. The van der Waals surface area contributed by atoms with Crippen LogP contribution in [0.25, 0.3) is 33.8 Å². The highest BCUT2D eigenvalue weighted by Gasteiger charge is 2.18. The fraction of sp³-hybridized carbons (Fsp3) is 0.0833. The van der Waals surface area contributed by atoms with E-state index in [0.717, 1.165) is 39.5 Å². The van der Waals surface area contributed by atoms with Crippen molar-refractivity contribution in [3.05, 3.63) is 95.4 Å². The molecule has 4 nitrogen and oxygen atoms in total. The standard InChI is InChI=1S/C24H19ClN4/c1-16-6-5-7-19(14-16)21-15-22(28-12-3-4-13-28)26-24-23(17(2)27-29(21)24)18-8-10-20(25)11-9-18/h3-15H,1-2H3. The van der Waals surface area contributed by atoms with Gasteiger partial charge in [0.05, 0.1) is 11.4 Å². The van der Waals surface area contributed by atoms with E-state index in [2.05, 4.69) is 37.3 Å². The maximum Gasteiger partial charge on any atom is 0.166 e. The van der Waals surface area contributed by atoms with Crippen molar-refractivity contribution in [2.24, 2.45) is 0 Å². The van der Waals surface area contributed by atoms with Crippen molar-refractivity contribution in [1.82, 2.24) is 19.2 Å². The summed E-state index contributed by atoms with van der Waals surface area (Å²) in [6.45, 7) is 4.12. The zero-order valence-electron chi connectivity index (χ0n) is 16.2. The summed E-state index contributed by atoms with van der Waals surface area (Å²) in [5, 5.41) is 5.56. The number of nitrogens with zero attached hydrogens (tertiary/aromatic N) is 4. The van der Waals surface area contributed by atoms with Gasteiger partial charge in [0, 0.05) is 34.6 Å². The van der Waals surface area contributed by atoms with E-state index in [-0.39, 0.29) is 0 Å². The van der Waals surface area contributed by atoms with E-state index in [4.69, 9.17) is 21.7 Å². The summed E-state index contributed by atoms with van der Waals surface area (Å²) in [5.74, 6) is 0.856. The molecule has 5 aromatic rings. The summed E-state index contributed by atoms with van der Waals surface area (Å²) in [7, 11) is 0. The minimum absolute atomic E-state index is 0.712. The second-order valence-electron chi connectivity index (χ2n) is 7.16. The molecule has 0 atom stereocenters. The summed E-state index contributed by atoms with van der Waals surface area (Å²) in [6.07, 6.45) is 4.01. The van der Waals surface area contributed by atoms with Crippen LogP contribution < -0.4 is 0 Å². The van der Waals surface area contributed by atoms with Crippen molar-refractivity contribution in [3.63, 3.8) is 0 Å². The first kappa shape index (κ1) is 17.7. The van der Waals surface area contributed by atoms with E-state index in [0.29, 0.717) is 5.02 Å². The van der Waals surface area contributed by atoms with Gasteiger partial charge in [-0.3, -0.25) is 0 Å². The van der Waals surface area contributed by atoms with Crippen molar-refractivity contribution in [2.45, 2.75) is 13.8 Å². The Balaban J connectivity index is 1.85. The van der Waals surface area contributed by atoms with Crippen LogP contribution in [0.5, 0.6) is 0 Å². The first-order chi connectivity index (χ1) is 14.1. The van der Waals surface area contributed by atoms with Gasteiger partial charge in [0.2, 0.25) is 0 Å². The normalized spacial score (nSPS) is 11.3. The first-order valence-electron chi connectivity index (χ1n) is 9.47. The average molecular weight is 399 g/mol. The SMILES string of the molecule is Cc1cccc(-c2cc(-n3cccc3)nc3c(-c4ccc(Cl)cc4)c(C)nn23)c1. The number of aryl methyl sites for hydroxylation is 2. The summed E-state index contributed by atoms with van der Waals surface area (Å²) in [6, 6.07) is 22.4. The van der Waals surface area contributed by atoms with Crippen molar-refractivity contribution >= 4 is 17.2 Å². The summed E-state index contributed by atoms with van der Waals surface area (Å²) in [5.41, 5.74) is 7.14. The van der Waals surface area contributed by atoms with Crippen LogP contribution in [-0.4, -0.2) is 19.2 Å². The Kier molecular flexibility index (Phi) is 4.22. The molecule has 0 amide bonds. The maximum absolute atomic E-state index is 6.10. The molecule has 0 radical (unpaired) electrons. The molecule has 0 aliphatic heterocycles. The fourth-order valence-electron chi connectivity index (χ4n) is 3.69. The van der Waals surface area contributed by atoms with Gasteiger partial charge in [-0.05, 0) is 49.7 Å². The van der Waals surface area contributed by atoms with Crippen LogP contribution in [0.2, 0.25) is 5.02 Å². The van der Waals surface area contributed by atoms with E-state index >= 15 is 0 Å². The van der Waals surface area contributed by atoms with Gasteiger partial charge in [0.1, 0.15) is 5.82 Å². The van der Waals surface area contributed by atoms with Gasteiger partial charge in [-0.2, -0.15) is 5.10 Å². The molecule has 2 aromatic carbocycles. The summed E-state index contributed by atoms with van der Waals surface area (Å²) in [4.78, 5) is 4.98. The minimum Gasteiger partial charge on any atom is -0.309 e. The highest BCUT2D eigenvalue weighted by Crippen LogP contribution is 2.32. The lowest BCUT2D eigenvalue weighted by Gasteiger charge is -2.10. The molecule has 5 heteroatoms. The quantitative estimate of drug-likeness (QED) is 0.366. The van der Waals surface area contributed by atoms with Gasteiger partial charge in [-0.15, -0.1) is 0 Å². The van der Waals surface area contributed by atoms with Gasteiger partial charge in [0.25, 0.3) is 0 Å². The minimum atomic E-state index is 0.712. The molecule has 29 heavy (non-hydrogen) atoms. The second-order valence-corrected chi connectivity index (χ2v) is 7.60. The highest BCUT2D eigenvalue weighted by molar-refractivity contribution is 6.30. The first-order valence-corrected chi connectivity index (χ1v) is 9.85. The fourth-order valence-corrected chi connectivity index (χ4v) is 3.82. The lowest BCUT2D eigenvalue weighted by atomic mass is 10.1. The molecule has 3 heterocycles. The Bertz CT molecular complexity index is 1320. The van der Waals surface area contributed by atoms with E-state index in [9.17, 15) is 0 Å². The molecule has 142 valence electrons. The topological polar surface area (TPSA) is 35.1 Å². The van der Waals surface area contributed by atoms with Crippen molar-refractivity contribution in [2.75, 3.05) is 0 Å². The number of rotatable bonds is 3. The third-order valence-electron chi connectivity index (χ3n) is 5.07. The summed E-state index contributed by atoms with van der Waals surface area (Å²) >= 11 is 6.10. The predicted molar refractivity (Wildman–Crippen MR) is 118 cm³/mol. The molecule has 0 saturated carbocycles. The van der Waals surface area contributed by atoms with E-state index < -0.39 is 0 Å². The van der Waals surface area contributed by atoms with E-state index in [1.54, 1.807) is 0 Å². The largest absolute Gasteiger partial charge is 0.309 e. The van der Waals surface area contributed by atoms with Crippen LogP contribution in [0.4, 0.5) is 0 Å². The van der Waals surface area contributed by atoms with Gasteiger partial charge in [-0.1, -0.05) is 47.5 Å². The highest BCUT2D eigenvalue weighted by atomic mass is 35.5. The number of hydrogen-bond acceptors (Lipinski definition) is 2. The Labute approximate surface area is 174 Å². The van der Waals surface area contributed by atoms with Crippen LogP contribution >= 0.6 is 11.6 Å². The van der Waals surface area contributed by atoms with Gasteiger partial charge < -0.3 is 4.57 Å². The second kappa shape index (κ2) is 6.90. The third kappa shape index (κ3) is 3.12. The molecule has 0 unspecified atom stereocenters. The molecule has 0 bridgehead atoms. The lowest BCUT2D eigenvalue weighted by molar-refractivity contribution is 0.905. The van der Waals surface area contributed by atoms with Crippen LogP contribution in [-0.2, 0) is 0 Å². The Morgan fingerprint density at radius 3 is 2.31 bits per heavy atom. The molecular formula is C24H19ClN4.